The van der Waals surface area contributed by atoms with Crippen molar-refractivity contribution in [3.8, 4) is 0 Å². The van der Waals surface area contributed by atoms with Gasteiger partial charge in [0.15, 0.2) is 0 Å². The standard InChI is InChI=1S/C8H11N2OP/c1-9-7-4-2-3-6(5-7)8(11)10-12/h2-5,9H,12H2,1H3,(H,10,11). The fraction of sp³-hybridized carbons (Fsp3) is 0.125. The van der Waals surface area contributed by atoms with E-state index < -0.39 is 0 Å². The van der Waals surface area contributed by atoms with E-state index in [1.165, 1.54) is 0 Å². The lowest BCUT2D eigenvalue weighted by Gasteiger charge is -2.02. The third-order valence-electron chi connectivity index (χ3n) is 1.54. The molecule has 3 nitrogen and oxygen atoms in total. The number of anilines is 1. The van der Waals surface area contributed by atoms with Crippen molar-refractivity contribution in [2.75, 3.05) is 12.4 Å². The number of rotatable bonds is 2. The zero-order chi connectivity index (χ0) is 8.97. The van der Waals surface area contributed by atoms with E-state index in [0.29, 0.717) is 5.56 Å². The Morgan fingerprint density at radius 2 is 2.25 bits per heavy atom. The zero-order valence-corrected chi connectivity index (χ0v) is 7.95. The van der Waals surface area contributed by atoms with Gasteiger partial charge in [0.2, 0.25) is 0 Å². The molecule has 0 aliphatic carbocycles. The number of carbonyl (C=O) groups is 1. The van der Waals surface area contributed by atoms with Crippen molar-refractivity contribution in [2.45, 2.75) is 0 Å². The summed E-state index contributed by atoms with van der Waals surface area (Å²) in [6, 6.07) is 7.29. The number of hydrogen-bond acceptors (Lipinski definition) is 2. The van der Waals surface area contributed by atoms with E-state index >= 15 is 0 Å². The molecule has 1 unspecified atom stereocenters. The van der Waals surface area contributed by atoms with Crippen LogP contribution in [0.3, 0.4) is 0 Å². The molecule has 0 heterocycles. The Hall–Kier alpha value is -1.08. The summed E-state index contributed by atoms with van der Waals surface area (Å²) in [5, 5.41) is 5.44. The van der Waals surface area contributed by atoms with Crippen LogP contribution in [0.2, 0.25) is 0 Å². The first-order valence-corrected chi connectivity index (χ1v) is 4.14. The van der Waals surface area contributed by atoms with Crippen LogP contribution in [-0.4, -0.2) is 13.0 Å². The highest BCUT2D eigenvalue weighted by Crippen LogP contribution is 2.09. The Morgan fingerprint density at radius 3 is 2.83 bits per heavy atom. The molecule has 1 aromatic rings. The molecule has 4 heteroatoms. The molecule has 0 bridgehead atoms. The number of hydrogen-bond donors (Lipinski definition) is 2. The first kappa shape index (κ1) is 9.01. The summed E-state index contributed by atoms with van der Waals surface area (Å²) in [6.45, 7) is 0. The van der Waals surface area contributed by atoms with Crippen molar-refractivity contribution in [3.63, 3.8) is 0 Å². The van der Waals surface area contributed by atoms with Gasteiger partial charge in [0.1, 0.15) is 0 Å². The van der Waals surface area contributed by atoms with E-state index in [1.807, 2.05) is 19.2 Å². The summed E-state index contributed by atoms with van der Waals surface area (Å²) in [5.41, 5.74) is 1.58. The van der Waals surface area contributed by atoms with Crippen molar-refractivity contribution < 1.29 is 4.79 Å². The first-order valence-electron chi connectivity index (χ1n) is 3.56. The molecule has 0 radical (unpaired) electrons. The highest BCUT2D eigenvalue weighted by atomic mass is 31.0. The van der Waals surface area contributed by atoms with Crippen molar-refractivity contribution in [2.24, 2.45) is 0 Å². The van der Waals surface area contributed by atoms with Crippen LogP contribution >= 0.6 is 9.39 Å². The van der Waals surface area contributed by atoms with Gasteiger partial charge in [0, 0.05) is 18.3 Å². The average molecular weight is 182 g/mol. The topological polar surface area (TPSA) is 41.1 Å². The first-order chi connectivity index (χ1) is 5.77. The van der Waals surface area contributed by atoms with Gasteiger partial charge in [-0.25, -0.2) is 0 Å². The largest absolute Gasteiger partial charge is 0.388 e. The van der Waals surface area contributed by atoms with Crippen LogP contribution < -0.4 is 10.4 Å². The number of carbonyl (C=O) groups excluding carboxylic acids is 1. The molecule has 0 aliphatic heterocycles. The fourth-order valence-electron chi connectivity index (χ4n) is 0.899. The quantitative estimate of drug-likeness (QED) is 0.676. The van der Waals surface area contributed by atoms with Crippen LogP contribution in [0, 0.1) is 0 Å². The van der Waals surface area contributed by atoms with E-state index in [-0.39, 0.29) is 5.91 Å². The molecule has 1 aromatic carbocycles. The van der Waals surface area contributed by atoms with Crippen LogP contribution in [0.1, 0.15) is 10.4 Å². The molecule has 12 heavy (non-hydrogen) atoms. The molecular weight excluding hydrogens is 171 g/mol. The predicted octanol–water partition coefficient (Wildman–Crippen LogP) is 1.25. The molecule has 1 amide bonds. The molecular formula is C8H11N2OP. The van der Waals surface area contributed by atoms with Crippen LogP contribution in [0.5, 0.6) is 0 Å². The molecule has 0 saturated carbocycles. The Balaban J connectivity index is 2.93. The Bertz CT molecular complexity index is 288. The van der Waals surface area contributed by atoms with Crippen LogP contribution in [0.4, 0.5) is 5.69 Å². The Morgan fingerprint density at radius 1 is 1.50 bits per heavy atom. The maximum Gasteiger partial charge on any atom is 0.254 e. The smallest absolute Gasteiger partial charge is 0.254 e. The lowest BCUT2D eigenvalue weighted by Crippen LogP contribution is -2.11. The van der Waals surface area contributed by atoms with Crippen LogP contribution in [0.25, 0.3) is 0 Å². The maximum atomic E-state index is 11.1. The van der Waals surface area contributed by atoms with Gasteiger partial charge in [-0.1, -0.05) is 6.07 Å². The molecule has 1 atom stereocenters. The van der Waals surface area contributed by atoms with Gasteiger partial charge in [-0.15, -0.1) is 0 Å². The lowest BCUT2D eigenvalue weighted by molar-refractivity contribution is 0.0984. The van der Waals surface area contributed by atoms with E-state index in [0.717, 1.165) is 5.69 Å². The van der Waals surface area contributed by atoms with Gasteiger partial charge in [0.05, 0.1) is 0 Å². The van der Waals surface area contributed by atoms with Crippen LogP contribution in [0.15, 0.2) is 24.3 Å². The molecule has 0 aliphatic rings. The second kappa shape index (κ2) is 4.07. The Labute approximate surface area is 73.8 Å². The molecule has 1 rings (SSSR count). The lowest BCUT2D eigenvalue weighted by atomic mass is 10.2. The molecule has 2 N–H and O–H groups in total. The third kappa shape index (κ3) is 1.95. The minimum absolute atomic E-state index is 0.0999. The van der Waals surface area contributed by atoms with Gasteiger partial charge in [-0.2, -0.15) is 0 Å². The molecule has 0 aromatic heterocycles. The van der Waals surface area contributed by atoms with E-state index in [2.05, 4.69) is 19.8 Å². The third-order valence-corrected chi connectivity index (χ3v) is 1.81. The highest BCUT2D eigenvalue weighted by molar-refractivity contribution is 7.15. The molecule has 64 valence electrons. The predicted molar refractivity (Wildman–Crippen MR) is 53.2 cm³/mol. The van der Waals surface area contributed by atoms with Gasteiger partial charge in [-0.3, -0.25) is 4.79 Å². The normalized spacial score (nSPS) is 9.17. The van der Waals surface area contributed by atoms with E-state index in [9.17, 15) is 4.79 Å². The minimum atomic E-state index is -0.0999. The summed E-state index contributed by atoms with van der Waals surface area (Å²) in [4.78, 5) is 11.1. The van der Waals surface area contributed by atoms with Gasteiger partial charge in [0.25, 0.3) is 5.91 Å². The molecule has 0 spiro atoms. The van der Waals surface area contributed by atoms with Gasteiger partial charge in [-0.05, 0) is 27.6 Å². The summed E-state index contributed by atoms with van der Waals surface area (Å²) in [5.74, 6) is -0.0999. The van der Waals surface area contributed by atoms with E-state index in [4.69, 9.17) is 0 Å². The number of nitrogens with one attached hydrogen (secondary N) is 2. The summed E-state index contributed by atoms with van der Waals surface area (Å²) in [6.07, 6.45) is 0. The highest BCUT2D eigenvalue weighted by Gasteiger charge is 2.01. The van der Waals surface area contributed by atoms with Gasteiger partial charge < -0.3 is 10.4 Å². The van der Waals surface area contributed by atoms with Crippen LogP contribution in [-0.2, 0) is 0 Å². The van der Waals surface area contributed by atoms with Crippen molar-refractivity contribution in [1.29, 1.82) is 0 Å². The van der Waals surface area contributed by atoms with Crippen molar-refractivity contribution in [3.05, 3.63) is 29.8 Å². The summed E-state index contributed by atoms with van der Waals surface area (Å²) in [7, 11) is 4.00. The average Bonchev–Trinajstić information content (AvgIpc) is 2.17. The monoisotopic (exact) mass is 182 g/mol. The fourth-order valence-corrected chi connectivity index (χ4v) is 1.07. The van der Waals surface area contributed by atoms with Crippen molar-refractivity contribution >= 4 is 21.0 Å². The second-order valence-electron chi connectivity index (χ2n) is 2.30. The number of benzene rings is 1. The Kier molecular flexibility index (Phi) is 3.06. The maximum absolute atomic E-state index is 11.1. The zero-order valence-electron chi connectivity index (χ0n) is 6.79. The molecule has 0 fully saturated rings. The summed E-state index contributed by atoms with van der Waals surface area (Å²) >= 11 is 0. The van der Waals surface area contributed by atoms with E-state index in [1.54, 1.807) is 12.1 Å². The second-order valence-corrected chi connectivity index (χ2v) is 2.59. The SMILES string of the molecule is CNc1cccc(C(=O)NP)c1. The minimum Gasteiger partial charge on any atom is -0.388 e. The molecule has 0 saturated heterocycles. The van der Waals surface area contributed by atoms with Crippen molar-refractivity contribution in [1.82, 2.24) is 5.09 Å². The number of amides is 1. The van der Waals surface area contributed by atoms with Gasteiger partial charge >= 0.3 is 0 Å². The summed E-state index contributed by atoms with van der Waals surface area (Å²) < 4.78 is 0.